The van der Waals surface area contributed by atoms with Crippen LogP contribution < -0.4 is 5.73 Å². The SMILES string of the molecule is Cc1ccc2ccccc2c1C(N)c1c(F)cccc1F. The third-order valence-corrected chi connectivity index (χ3v) is 3.81. The summed E-state index contributed by atoms with van der Waals surface area (Å²) in [6.45, 7) is 1.90. The van der Waals surface area contributed by atoms with Crippen LogP contribution in [0.5, 0.6) is 0 Å². The fourth-order valence-corrected chi connectivity index (χ4v) is 2.77. The Morgan fingerprint density at radius 1 is 0.810 bits per heavy atom. The second-order valence-corrected chi connectivity index (χ2v) is 5.13. The smallest absolute Gasteiger partial charge is 0.131 e. The van der Waals surface area contributed by atoms with Crippen LogP contribution in [0.3, 0.4) is 0 Å². The van der Waals surface area contributed by atoms with Crippen molar-refractivity contribution >= 4 is 10.8 Å². The van der Waals surface area contributed by atoms with Crippen LogP contribution in [-0.4, -0.2) is 0 Å². The van der Waals surface area contributed by atoms with Gasteiger partial charge in [-0.3, -0.25) is 0 Å². The molecule has 3 aromatic carbocycles. The molecule has 0 bridgehead atoms. The molecule has 0 saturated heterocycles. The van der Waals surface area contributed by atoms with E-state index in [-0.39, 0.29) is 5.56 Å². The Hall–Kier alpha value is -2.26. The van der Waals surface area contributed by atoms with Gasteiger partial charge in [0.25, 0.3) is 0 Å². The minimum Gasteiger partial charge on any atom is -0.320 e. The highest BCUT2D eigenvalue weighted by atomic mass is 19.1. The molecule has 3 rings (SSSR count). The maximum Gasteiger partial charge on any atom is 0.131 e. The van der Waals surface area contributed by atoms with Crippen LogP contribution in [-0.2, 0) is 0 Å². The molecule has 2 N–H and O–H groups in total. The van der Waals surface area contributed by atoms with Crippen molar-refractivity contribution in [2.24, 2.45) is 5.73 Å². The lowest BCUT2D eigenvalue weighted by Crippen LogP contribution is -2.17. The largest absolute Gasteiger partial charge is 0.320 e. The second-order valence-electron chi connectivity index (χ2n) is 5.13. The first-order chi connectivity index (χ1) is 10.1. The molecule has 0 heterocycles. The van der Waals surface area contributed by atoms with Gasteiger partial charge in [0.1, 0.15) is 11.6 Å². The Balaban J connectivity index is 2.27. The third-order valence-electron chi connectivity index (χ3n) is 3.81. The molecule has 1 atom stereocenters. The van der Waals surface area contributed by atoms with Gasteiger partial charge in [0, 0.05) is 5.56 Å². The van der Waals surface area contributed by atoms with Gasteiger partial charge in [-0.25, -0.2) is 8.78 Å². The molecular formula is C18H15F2N. The minimum absolute atomic E-state index is 0.0862. The highest BCUT2D eigenvalue weighted by molar-refractivity contribution is 5.87. The van der Waals surface area contributed by atoms with E-state index in [0.717, 1.165) is 21.9 Å². The van der Waals surface area contributed by atoms with E-state index >= 15 is 0 Å². The summed E-state index contributed by atoms with van der Waals surface area (Å²) < 4.78 is 28.0. The lowest BCUT2D eigenvalue weighted by Gasteiger charge is -2.19. The van der Waals surface area contributed by atoms with Crippen molar-refractivity contribution in [1.29, 1.82) is 0 Å². The summed E-state index contributed by atoms with van der Waals surface area (Å²) >= 11 is 0. The van der Waals surface area contributed by atoms with Crippen molar-refractivity contribution < 1.29 is 8.78 Å². The molecule has 0 aliphatic rings. The van der Waals surface area contributed by atoms with E-state index in [9.17, 15) is 8.78 Å². The zero-order valence-corrected chi connectivity index (χ0v) is 11.6. The van der Waals surface area contributed by atoms with Gasteiger partial charge in [-0.2, -0.15) is 0 Å². The summed E-state index contributed by atoms with van der Waals surface area (Å²) in [5, 5.41) is 1.93. The fourth-order valence-electron chi connectivity index (χ4n) is 2.77. The highest BCUT2D eigenvalue weighted by Crippen LogP contribution is 2.32. The average molecular weight is 283 g/mol. The van der Waals surface area contributed by atoms with E-state index in [2.05, 4.69) is 0 Å². The summed E-state index contributed by atoms with van der Waals surface area (Å²) in [6.07, 6.45) is 0. The van der Waals surface area contributed by atoms with Crippen molar-refractivity contribution in [2.45, 2.75) is 13.0 Å². The van der Waals surface area contributed by atoms with Gasteiger partial charge in [-0.05, 0) is 41.0 Å². The standard InChI is InChI=1S/C18H15F2N/c1-11-9-10-12-5-2-3-6-13(12)16(11)18(21)17-14(19)7-4-8-15(17)20/h2-10,18H,21H2,1H3. The fraction of sp³-hybridized carbons (Fsp3) is 0.111. The molecule has 1 nitrogen and oxygen atoms in total. The Kier molecular flexibility index (Phi) is 3.43. The molecule has 106 valence electrons. The van der Waals surface area contributed by atoms with Crippen LogP contribution in [0.15, 0.2) is 54.6 Å². The number of aryl methyl sites for hydroxylation is 1. The Labute approximate surface area is 122 Å². The highest BCUT2D eigenvalue weighted by Gasteiger charge is 2.21. The number of halogens is 2. The van der Waals surface area contributed by atoms with E-state index in [1.807, 2.05) is 43.3 Å². The van der Waals surface area contributed by atoms with E-state index in [1.165, 1.54) is 18.2 Å². The van der Waals surface area contributed by atoms with E-state index < -0.39 is 17.7 Å². The van der Waals surface area contributed by atoms with E-state index in [0.29, 0.717) is 0 Å². The molecule has 0 fully saturated rings. The Bertz CT molecular complexity index is 791. The predicted molar refractivity (Wildman–Crippen MR) is 81.1 cm³/mol. The summed E-state index contributed by atoms with van der Waals surface area (Å²) in [4.78, 5) is 0. The molecule has 3 aromatic rings. The lowest BCUT2D eigenvalue weighted by molar-refractivity contribution is 0.543. The van der Waals surface area contributed by atoms with E-state index in [4.69, 9.17) is 5.73 Å². The monoisotopic (exact) mass is 283 g/mol. The van der Waals surface area contributed by atoms with Gasteiger partial charge in [-0.1, -0.05) is 42.5 Å². The molecule has 1 unspecified atom stereocenters. The van der Waals surface area contributed by atoms with Crippen LogP contribution >= 0.6 is 0 Å². The first-order valence-electron chi connectivity index (χ1n) is 6.77. The Morgan fingerprint density at radius 3 is 2.19 bits per heavy atom. The normalized spacial score (nSPS) is 12.6. The van der Waals surface area contributed by atoms with Crippen molar-refractivity contribution in [3.8, 4) is 0 Å². The number of rotatable bonds is 2. The molecule has 21 heavy (non-hydrogen) atoms. The maximum atomic E-state index is 14.0. The predicted octanol–water partition coefficient (Wildman–Crippen LogP) is 4.47. The summed E-state index contributed by atoms with van der Waals surface area (Å²) in [5.41, 5.74) is 7.80. The molecule has 3 heteroatoms. The van der Waals surface area contributed by atoms with E-state index in [1.54, 1.807) is 0 Å². The Morgan fingerprint density at radius 2 is 1.48 bits per heavy atom. The van der Waals surface area contributed by atoms with Crippen LogP contribution in [0.4, 0.5) is 8.78 Å². The lowest BCUT2D eigenvalue weighted by atomic mass is 9.90. The first kappa shape index (κ1) is 13.7. The number of hydrogen-bond acceptors (Lipinski definition) is 1. The zero-order chi connectivity index (χ0) is 15.0. The first-order valence-corrected chi connectivity index (χ1v) is 6.77. The number of hydrogen-bond donors (Lipinski definition) is 1. The quantitative estimate of drug-likeness (QED) is 0.737. The summed E-state index contributed by atoms with van der Waals surface area (Å²) in [7, 11) is 0. The van der Waals surface area contributed by atoms with Crippen molar-refractivity contribution in [2.75, 3.05) is 0 Å². The third kappa shape index (κ3) is 2.30. The number of fused-ring (bicyclic) bond motifs is 1. The van der Waals surface area contributed by atoms with Crippen molar-refractivity contribution in [3.05, 3.63) is 82.9 Å². The summed E-state index contributed by atoms with van der Waals surface area (Å²) in [5.74, 6) is -1.23. The molecule has 0 aromatic heterocycles. The molecule has 0 saturated carbocycles. The maximum absolute atomic E-state index is 14.0. The average Bonchev–Trinajstić information content (AvgIpc) is 2.46. The van der Waals surface area contributed by atoms with Gasteiger partial charge in [-0.15, -0.1) is 0 Å². The molecule has 0 aliphatic carbocycles. The van der Waals surface area contributed by atoms with Gasteiger partial charge in [0.2, 0.25) is 0 Å². The van der Waals surface area contributed by atoms with Crippen LogP contribution in [0.2, 0.25) is 0 Å². The molecular weight excluding hydrogens is 268 g/mol. The van der Waals surface area contributed by atoms with Crippen LogP contribution in [0, 0.1) is 18.6 Å². The topological polar surface area (TPSA) is 26.0 Å². The van der Waals surface area contributed by atoms with Gasteiger partial charge in [0.05, 0.1) is 6.04 Å². The number of benzene rings is 3. The molecule has 0 amide bonds. The molecule has 0 aliphatic heterocycles. The molecule has 0 spiro atoms. The van der Waals surface area contributed by atoms with Gasteiger partial charge >= 0.3 is 0 Å². The van der Waals surface area contributed by atoms with Crippen LogP contribution in [0.1, 0.15) is 22.7 Å². The molecule has 0 radical (unpaired) electrons. The van der Waals surface area contributed by atoms with Crippen molar-refractivity contribution in [3.63, 3.8) is 0 Å². The second kappa shape index (κ2) is 5.26. The zero-order valence-electron chi connectivity index (χ0n) is 11.6. The summed E-state index contributed by atoms with van der Waals surface area (Å²) in [6, 6.07) is 14.6. The van der Waals surface area contributed by atoms with Gasteiger partial charge < -0.3 is 5.73 Å². The van der Waals surface area contributed by atoms with Crippen molar-refractivity contribution in [1.82, 2.24) is 0 Å². The van der Waals surface area contributed by atoms with Crippen LogP contribution in [0.25, 0.3) is 10.8 Å². The number of nitrogens with two attached hydrogens (primary N) is 1. The minimum atomic E-state index is -0.836. The van der Waals surface area contributed by atoms with Gasteiger partial charge in [0.15, 0.2) is 0 Å².